The number of benzene rings is 3. The molecule has 0 aliphatic carbocycles. The average molecular weight is 401 g/mol. The number of nitrogens with zero attached hydrogens (tertiary/aromatic N) is 2. The van der Waals surface area contributed by atoms with Crippen LogP contribution in [0, 0.1) is 0 Å². The molecule has 4 nitrogen and oxygen atoms in total. The quantitative estimate of drug-likeness (QED) is 0.305. The molecule has 0 fully saturated rings. The number of rotatable bonds is 10. The Bertz CT molecular complexity index is 1060. The number of ether oxygens (including phenoxy) is 2. The molecular weight excluding hydrogens is 372 g/mol. The summed E-state index contributed by atoms with van der Waals surface area (Å²) in [4.78, 5) is 4.81. The molecule has 0 saturated carbocycles. The van der Waals surface area contributed by atoms with E-state index in [0.717, 1.165) is 54.2 Å². The van der Waals surface area contributed by atoms with E-state index in [-0.39, 0.29) is 0 Å². The molecule has 1 aromatic heterocycles. The first kappa shape index (κ1) is 20.0. The van der Waals surface area contributed by atoms with Crippen LogP contribution in [0.5, 0.6) is 11.5 Å². The molecule has 1 heterocycles. The number of imidazole rings is 1. The van der Waals surface area contributed by atoms with Gasteiger partial charge in [-0.1, -0.05) is 49.4 Å². The summed E-state index contributed by atoms with van der Waals surface area (Å²) in [6.07, 6.45) is 3.04. The van der Waals surface area contributed by atoms with Gasteiger partial charge in [0, 0.05) is 6.54 Å². The van der Waals surface area contributed by atoms with E-state index in [4.69, 9.17) is 14.5 Å². The molecule has 0 unspecified atom stereocenters. The third kappa shape index (κ3) is 5.01. The third-order valence-electron chi connectivity index (χ3n) is 5.22. The van der Waals surface area contributed by atoms with Gasteiger partial charge in [0.05, 0.1) is 17.6 Å². The molecule has 154 valence electrons. The van der Waals surface area contributed by atoms with E-state index in [1.54, 1.807) is 0 Å². The standard InChI is InChI=1S/C26H28N2O2/c1-2-21-14-16-23(17-15-21)30-20-26-27-24-12-6-7-13-25(24)28(26)18-8-9-19-29-22-10-4-3-5-11-22/h3-7,10-17H,2,8-9,18-20H2,1H3. The van der Waals surface area contributed by atoms with Crippen molar-refractivity contribution in [1.82, 2.24) is 9.55 Å². The van der Waals surface area contributed by atoms with Crippen LogP contribution in [0.2, 0.25) is 0 Å². The van der Waals surface area contributed by atoms with Gasteiger partial charge in [0.25, 0.3) is 0 Å². The molecular formula is C26H28N2O2. The Hall–Kier alpha value is -3.27. The molecule has 4 aromatic rings. The minimum atomic E-state index is 0.459. The molecule has 0 amide bonds. The number of aryl methyl sites for hydroxylation is 2. The van der Waals surface area contributed by atoms with Crippen molar-refractivity contribution < 1.29 is 9.47 Å². The van der Waals surface area contributed by atoms with Crippen LogP contribution >= 0.6 is 0 Å². The lowest BCUT2D eigenvalue weighted by molar-refractivity contribution is 0.285. The summed E-state index contributed by atoms with van der Waals surface area (Å²) < 4.78 is 14.1. The average Bonchev–Trinajstić information content (AvgIpc) is 3.16. The molecule has 0 N–H and O–H groups in total. The van der Waals surface area contributed by atoms with Crippen molar-refractivity contribution in [3.63, 3.8) is 0 Å². The van der Waals surface area contributed by atoms with Crippen molar-refractivity contribution in [3.05, 3.63) is 90.3 Å². The zero-order valence-corrected chi connectivity index (χ0v) is 17.5. The molecule has 0 spiro atoms. The van der Waals surface area contributed by atoms with Crippen molar-refractivity contribution in [2.75, 3.05) is 6.61 Å². The Morgan fingerprint density at radius 2 is 1.50 bits per heavy atom. The van der Waals surface area contributed by atoms with E-state index < -0.39 is 0 Å². The fourth-order valence-corrected chi connectivity index (χ4v) is 3.53. The van der Waals surface area contributed by atoms with Gasteiger partial charge >= 0.3 is 0 Å². The van der Waals surface area contributed by atoms with Crippen molar-refractivity contribution in [1.29, 1.82) is 0 Å². The van der Waals surface area contributed by atoms with Gasteiger partial charge in [-0.2, -0.15) is 0 Å². The monoisotopic (exact) mass is 400 g/mol. The highest BCUT2D eigenvalue weighted by Gasteiger charge is 2.11. The fraction of sp³-hybridized carbons (Fsp3) is 0.269. The van der Waals surface area contributed by atoms with Crippen LogP contribution in [0.4, 0.5) is 0 Å². The molecule has 4 heteroatoms. The summed E-state index contributed by atoms with van der Waals surface area (Å²) in [5.74, 6) is 2.76. The summed E-state index contributed by atoms with van der Waals surface area (Å²) in [7, 11) is 0. The van der Waals surface area contributed by atoms with Crippen molar-refractivity contribution in [2.45, 2.75) is 39.3 Å². The predicted octanol–water partition coefficient (Wildman–Crippen LogP) is 6.04. The maximum absolute atomic E-state index is 6.04. The second-order valence-corrected chi connectivity index (χ2v) is 7.32. The first-order chi connectivity index (χ1) is 14.8. The van der Waals surface area contributed by atoms with Crippen LogP contribution < -0.4 is 9.47 Å². The lowest BCUT2D eigenvalue weighted by Gasteiger charge is -2.11. The number of hydrogen-bond acceptors (Lipinski definition) is 3. The molecule has 0 radical (unpaired) electrons. The zero-order chi connectivity index (χ0) is 20.6. The minimum absolute atomic E-state index is 0.459. The molecule has 0 saturated heterocycles. The van der Waals surface area contributed by atoms with Gasteiger partial charge < -0.3 is 14.0 Å². The van der Waals surface area contributed by atoms with Crippen molar-refractivity contribution in [3.8, 4) is 11.5 Å². The van der Waals surface area contributed by atoms with E-state index in [1.807, 2.05) is 48.5 Å². The molecule has 0 bridgehead atoms. The predicted molar refractivity (Wildman–Crippen MR) is 121 cm³/mol. The van der Waals surface area contributed by atoms with Crippen molar-refractivity contribution >= 4 is 11.0 Å². The van der Waals surface area contributed by atoms with Crippen molar-refractivity contribution in [2.24, 2.45) is 0 Å². The number of aromatic nitrogens is 2. The van der Waals surface area contributed by atoms with Crippen LogP contribution in [-0.4, -0.2) is 16.2 Å². The van der Waals surface area contributed by atoms with E-state index in [0.29, 0.717) is 13.2 Å². The van der Waals surface area contributed by atoms with Gasteiger partial charge in [-0.05, 0) is 61.2 Å². The number of unbranched alkanes of at least 4 members (excludes halogenated alkanes) is 1. The first-order valence-corrected chi connectivity index (χ1v) is 10.7. The molecule has 3 aromatic carbocycles. The second kappa shape index (κ2) is 9.97. The molecule has 0 aliphatic heterocycles. The molecule has 0 aliphatic rings. The first-order valence-electron chi connectivity index (χ1n) is 10.7. The Labute approximate surface area is 178 Å². The van der Waals surface area contributed by atoms with Crippen LogP contribution in [0.15, 0.2) is 78.9 Å². The summed E-state index contributed by atoms with van der Waals surface area (Å²) in [5, 5.41) is 0. The van der Waals surface area contributed by atoms with Crippen LogP contribution in [0.1, 0.15) is 31.2 Å². The second-order valence-electron chi connectivity index (χ2n) is 7.32. The zero-order valence-electron chi connectivity index (χ0n) is 17.5. The summed E-state index contributed by atoms with van der Waals surface area (Å²) in [6, 6.07) is 26.6. The van der Waals surface area contributed by atoms with E-state index in [2.05, 4.69) is 41.8 Å². The largest absolute Gasteiger partial charge is 0.494 e. The normalized spacial score (nSPS) is 11.0. The third-order valence-corrected chi connectivity index (χ3v) is 5.22. The van der Waals surface area contributed by atoms with Gasteiger partial charge in [-0.25, -0.2) is 4.98 Å². The lowest BCUT2D eigenvalue weighted by atomic mass is 10.2. The molecule has 0 atom stereocenters. The SMILES string of the molecule is CCc1ccc(OCc2nc3ccccc3n2CCCCOc2ccccc2)cc1. The van der Waals surface area contributed by atoms with E-state index in [1.165, 1.54) is 5.56 Å². The lowest BCUT2D eigenvalue weighted by Crippen LogP contribution is -2.09. The van der Waals surface area contributed by atoms with Gasteiger partial charge in [0.2, 0.25) is 0 Å². The van der Waals surface area contributed by atoms with Crippen LogP contribution in [0.25, 0.3) is 11.0 Å². The van der Waals surface area contributed by atoms with E-state index >= 15 is 0 Å². The van der Waals surface area contributed by atoms with Crippen LogP contribution in [-0.2, 0) is 19.6 Å². The van der Waals surface area contributed by atoms with Gasteiger partial charge in [-0.3, -0.25) is 0 Å². The maximum atomic E-state index is 6.04. The minimum Gasteiger partial charge on any atom is -0.494 e. The molecule has 30 heavy (non-hydrogen) atoms. The van der Waals surface area contributed by atoms with Gasteiger partial charge in [-0.15, -0.1) is 0 Å². The summed E-state index contributed by atoms with van der Waals surface area (Å²) in [6.45, 7) is 4.22. The Morgan fingerprint density at radius 3 is 2.30 bits per heavy atom. The number of para-hydroxylation sites is 3. The highest BCUT2D eigenvalue weighted by atomic mass is 16.5. The van der Waals surface area contributed by atoms with Gasteiger partial charge in [0.1, 0.15) is 23.9 Å². The van der Waals surface area contributed by atoms with Crippen LogP contribution in [0.3, 0.4) is 0 Å². The smallest absolute Gasteiger partial charge is 0.147 e. The Balaban J connectivity index is 1.38. The summed E-state index contributed by atoms with van der Waals surface area (Å²) >= 11 is 0. The molecule has 4 rings (SSSR count). The summed E-state index contributed by atoms with van der Waals surface area (Å²) in [5.41, 5.74) is 3.48. The fourth-order valence-electron chi connectivity index (χ4n) is 3.53. The Kier molecular flexibility index (Phi) is 6.65. The highest BCUT2D eigenvalue weighted by molar-refractivity contribution is 5.75. The van der Waals surface area contributed by atoms with Gasteiger partial charge in [0.15, 0.2) is 0 Å². The maximum Gasteiger partial charge on any atom is 0.147 e. The number of hydrogen-bond donors (Lipinski definition) is 0. The topological polar surface area (TPSA) is 36.3 Å². The Morgan fingerprint density at radius 1 is 0.767 bits per heavy atom. The number of fused-ring (bicyclic) bond motifs is 1. The highest BCUT2D eigenvalue weighted by Crippen LogP contribution is 2.20. The van der Waals surface area contributed by atoms with E-state index in [9.17, 15) is 0 Å².